The Kier molecular flexibility index (Phi) is 4.31. The Morgan fingerprint density at radius 2 is 2.23 bits per heavy atom. The van der Waals surface area contributed by atoms with Crippen molar-refractivity contribution < 1.29 is 5.11 Å². The number of rotatable bonds is 4. The summed E-state index contributed by atoms with van der Waals surface area (Å²) in [6, 6.07) is 1.89. The van der Waals surface area contributed by atoms with Gasteiger partial charge in [0.2, 0.25) is 5.88 Å². The monoisotopic (exact) mass is 301 g/mol. The molecule has 2 aromatic rings. The van der Waals surface area contributed by atoms with Gasteiger partial charge < -0.3 is 5.11 Å². The van der Waals surface area contributed by atoms with Crippen LogP contribution in [0, 0.1) is 24.2 Å². The molecule has 2 N–H and O–H groups in total. The molecule has 9 heteroatoms. The van der Waals surface area contributed by atoms with Gasteiger partial charge in [0, 0.05) is 12.1 Å². The van der Waals surface area contributed by atoms with Crippen LogP contribution in [0.25, 0.3) is 0 Å². The molecule has 2 heterocycles. The summed E-state index contributed by atoms with van der Waals surface area (Å²) in [5, 5.41) is 33.1. The number of nitriles is 1. The maximum absolute atomic E-state index is 12.5. The number of H-pyrrole nitrogens is 1. The number of nitrogens with zero attached hydrogens (tertiary/aromatic N) is 6. The molecule has 0 aliphatic rings. The van der Waals surface area contributed by atoms with E-state index in [1.54, 1.807) is 0 Å². The number of aromatic nitrogens is 4. The van der Waals surface area contributed by atoms with Crippen LogP contribution < -0.4 is 5.56 Å². The average molecular weight is 301 g/mol. The molecule has 22 heavy (non-hydrogen) atoms. The second-order valence-corrected chi connectivity index (χ2v) is 5.10. The summed E-state index contributed by atoms with van der Waals surface area (Å²) in [6.45, 7) is 5.60. The minimum absolute atomic E-state index is 0.00627. The third-order valence-corrected chi connectivity index (χ3v) is 2.96. The lowest BCUT2D eigenvalue weighted by Gasteiger charge is -2.14. The SMILES string of the molecule is Cc1c(C#N)c(O)n(CC(C)C)c(=O)c1N=Nc1ncn[nH]1. The van der Waals surface area contributed by atoms with Gasteiger partial charge in [0.05, 0.1) is 0 Å². The normalized spacial score (nSPS) is 11.2. The van der Waals surface area contributed by atoms with E-state index < -0.39 is 5.56 Å². The molecule has 0 fully saturated rings. The topological polar surface area (TPSA) is 132 Å². The minimum atomic E-state index is -0.508. The van der Waals surface area contributed by atoms with E-state index in [9.17, 15) is 15.2 Å². The summed E-state index contributed by atoms with van der Waals surface area (Å²) in [5.41, 5.74) is -0.239. The van der Waals surface area contributed by atoms with Gasteiger partial charge in [-0.15, -0.1) is 10.2 Å². The first-order valence-corrected chi connectivity index (χ1v) is 6.59. The van der Waals surface area contributed by atoms with Crippen molar-refractivity contribution in [3.05, 3.63) is 27.8 Å². The van der Waals surface area contributed by atoms with Crippen LogP contribution in [-0.2, 0) is 6.54 Å². The van der Waals surface area contributed by atoms with E-state index in [2.05, 4.69) is 25.4 Å². The third-order valence-electron chi connectivity index (χ3n) is 2.96. The zero-order chi connectivity index (χ0) is 16.3. The Morgan fingerprint density at radius 1 is 1.50 bits per heavy atom. The van der Waals surface area contributed by atoms with Crippen molar-refractivity contribution >= 4 is 11.6 Å². The molecule has 0 saturated heterocycles. The van der Waals surface area contributed by atoms with Crippen molar-refractivity contribution in [1.29, 1.82) is 5.26 Å². The Morgan fingerprint density at radius 3 is 2.77 bits per heavy atom. The van der Waals surface area contributed by atoms with Gasteiger partial charge in [0.1, 0.15) is 18.0 Å². The fourth-order valence-electron chi connectivity index (χ4n) is 1.94. The highest BCUT2D eigenvalue weighted by Gasteiger charge is 2.19. The Hall–Kier alpha value is -3.02. The molecular formula is C13H15N7O2. The van der Waals surface area contributed by atoms with E-state index in [1.165, 1.54) is 13.3 Å². The highest BCUT2D eigenvalue weighted by molar-refractivity contribution is 5.56. The van der Waals surface area contributed by atoms with Crippen molar-refractivity contribution in [1.82, 2.24) is 19.7 Å². The fourth-order valence-corrected chi connectivity index (χ4v) is 1.94. The molecule has 0 aliphatic carbocycles. The number of nitrogens with one attached hydrogen (secondary N) is 1. The van der Waals surface area contributed by atoms with Gasteiger partial charge in [-0.3, -0.25) is 9.36 Å². The summed E-state index contributed by atoms with van der Waals surface area (Å²) in [6.07, 6.45) is 1.26. The van der Waals surface area contributed by atoms with Crippen LogP contribution in [0.2, 0.25) is 0 Å². The van der Waals surface area contributed by atoms with Crippen molar-refractivity contribution in [2.75, 3.05) is 0 Å². The number of aromatic amines is 1. The fraction of sp³-hybridized carbons (Fsp3) is 0.385. The molecule has 0 aliphatic heterocycles. The molecule has 0 amide bonds. The van der Waals surface area contributed by atoms with Gasteiger partial charge in [0.15, 0.2) is 5.69 Å². The first-order valence-electron chi connectivity index (χ1n) is 6.59. The number of azo groups is 1. The summed E-state index contributed by atoms with van der Waals surface area (Å²) < 4.78 is 1.13. The average Bonchev–Trinajstić information content (AvgIpc) is 2.97. The molecule has 114 valence electrons. The van der Waals surface area contributed by atoms with E-state index in [0.29, 0.717) is 0 Å². The lowest BCUT2D eigenvalue weighted by molar-refractivity contribution is 0.381. The Bertz CT molecular complexity index is 797. The van der Waals surface area contributed by atoms with Crippen LogP contribution in [0.4, 0.5) is 11.6 Å². The smallest absolute Gasteiger partial charge is 0.281 e. The highest BCUT2D eigenvalue weighted by Crippen LogP contribution is 2.26. The molecule has 0 spiro atoms. The Labute approximate surface area is 126 Å². The molecule has 2 rings (SSSR count). The summed E-state index contributed by atoms with van der Waals surface area (Å²) in [5.74, 6) is -0.102. The van der Waals surface area contributed by atoms with E-state index in [1.807, 2.05) is 19.9 Å². The van der Waals surface area contributed by atoms with Crippen LogP contribution in [-0.4, -0.2) is 24.9 Å². The molecule has 0 radical (unpaired) electrons. The first kappa shape index (κ1) is 15.4. The first-order chi connectivity index (χ1) is 10.5. The van der Waals surface area contributed by atoms with Crippen molar-refractivity contribution in [2.45, 2.75) is 27.3 Å². The molecule has 0 bridgehead atoms. The van der Waals surface area contributed by atoms with E-state index >= 15 is 0 Å². The largest absolute Gasteiger partial charge is 0.493 e. The maximum Gasteiger partial charge on any atom is 0.281 e. The number of aromatic hydroxyl groups is 1. The molecule has 2 aromatic heterocycles. The predicted octanol–water partition coefficient (Wildman–Crippen LogP) is 1.92. The van der Waals surface area contributed by atoms with Crippen LogP contribution in [0.3, 0.4) is 0 Å². The molecular weight excluding hydrogens is 286 g/mol. The quantitative estimate of drug-likeness (QED) is 0.832. The Balaban J connectivity index is 2.63. The van der Waals surface area contributed by atoms with E-state index in [4.69, 9.17) is 0 Å². The van der Waals surface area contributed by atoms with Gasteiger partial charge in [-0.05, 0) is 12.8 Å². The van der Waals surface area contributed by atoms with Crippen LogP contribution in [0.15, 0.2) is 21.4 Å². The van der Waals surface area contributed by atoms with Gasteiger partial charge in [-0.2, -0.15) is 15.3 Å². The standard InChI is InChI=1S/C13H15N7O2/c1-7(2)5-20-11(21)9(4-14)8(3)10(12(20)22)17-19-13-15-6-16-18-13/h6-7,21H,5H2,1-3H3,(H,15,16,18). The summed E-state index contributed by atoms with van der Waals surface area (Å²) in [7, 11) is 0. The van der Waals surface area contributed by atoms with Crippen molar-refractivity contribution in [2.24, 2.45) is 16.1 Å². The van der Waals surface area contributed by atoms with Gasteiger partial charge in [0.25, 0.3) is 11.5 Å². The predicted molar refractivity (Wildman–Crippen MR) is 77.2 cm³/mol. The lowest BCUT2D eigenvalue weighted by Crippen LogP contribution is -2.24. The van der Waals surface area contributed by atoms with Crippen LogP contribution >= 0.6 is 0 Å². The molecule has 0 aromatic carbocycles. The highest BCUT2D eigenvalue weighted by atomic mass is 16.3. The number of pyridine rings is 1. The number of hydrogen-bond donors (Lipinski definition) is 2. The van der Waals surface area contributed by atoms with Crippen LogP contribution in [0.5, 0.6) is 5.88 Å². The van der Waals surface area contributed by atoms with Crippen LogP contribution in [0.1, 0.15) is 25.0 Å². The summed E-state index contributed by atoms with van der Waals surface area (Å²) in [4.78, 5) is 16.2. The van der Waals surface area contributed by atoms with E-state index in [0.717, 1.165) is 4.57 Å². The molecule has 0 atom stereocenters. The maximum atomic E-state index is 12.5. The second kappa shape index (κ2) is 6.17. The zero-order valence-corrected chi connectivity index (χ0v) is 12.4. The van der Waals surface area contributed by atoms with Gasteiger partial charge >= 0.3 is 0 Å². The summed E-state index contributed by atoms with van der Waals surface area (Å²) >= 11 is 0. The van der Waals surface area contributed by atoms with Gasteiger partial charge in [-0.25, -0.2) is 5.10 Å². The lowest BCUT2D eigenvalue weighted by atomic mass is 10.1. The molecule has 9 nitrogen and oxygen atoms in total. The zero-order valence-electron chi connectivity index (χ0n) is 12.4. The minimum Gasteiger partial charge on any atom is -0.493 e. The second-order valence-electron chi connectivity index (χ2n) is 5.10. The molecule has 0 unspecified atom stereocenters. The number of hydrogen-bond acceptors (Lipinski definition) is 7. The molecule has 0 saturated carbocycles. The van der Waals surface area contributed by atoms with Crippen molar-refractivity contribution in [3.8, 4) is 11.9 Å². The third kappa shape index (κ3) is 2.85. The van der Waals surface area contributed by atoms with Gasteiger partial charge in [-0.1, -0.05) is 13.8 Å². The van der Waals surface area contributed by atoms with E-state index in [-0.39, 0.29) is 41.1 Å². The van der Waals surface area contributed by atoms with Crippen molar-refractivity contribution in [3.63, 3.8) is 0 Å².